The van der Waals surface area contributed by atoms with Crippen molar-refractivity contribution in [2.75, 3.05) is 23.8 Å². The number of nitrogens with one attached hydrogen (secondary N) is 1. The summed E-state index contributed by atoms with van der Waals surface area (Å²) in [6.45, 7) is 2.35. The molecule has 1 saturated heterocycles. The second-order valence-electron chi connectivity index (χ2n) is 7.85. The molecule has 0 unspecified atom stereocenters. The number of aryl methyl sites for hydroxylation is 1. The predicted molar refractivity (Wildman–Crippen MR) is 151 cm³/mol. The van der Waals surface area contributed by atoms with Crippen molar-refractivity contribution >= 4 is 86.9 Å². The first-order valence-electron chi connectivity index (χ1n) is 11.0. The number of thioether (sulfide) groups is 3. The molecule has 2 aromatic heterocycles. The number of hydrogen-bond donors (Lipinski definition) is 5. The molecule has 2 aliphatic rings. The lowest BCUT2D eigenvalue weighted by Gasteiger charge is -2.49. The summed E-state index contributed by atoms with van der Waals surface area (Å²) in [7, 11) is 0. The summed E-state index contributed by atoms with van der Waals surface area (Å²) in [4.78, 5) is 51.6. The van der Waals surface area contributed by atoms with Crippen LogP contribution in [0.1, 0.15) is 11.4 Å². The van der Waals surface area contributed by atoms with Crippen LogP contribution in [0.3, 0.4) is 0 Å². The van der Waals surface area contributed by atoms with E-state index in [1.165, 1.54) is 35.3 Å². The molecular formula is C21H21ClN8O5S4. The molecule has 39 heavy (non-hydrogen) atoms. The maximum atomic E-state index is 12.9. The molecule has 7 N–H and O–H groups in total. The summed E-state index contributed by atoms with van der Waals surface area (Å²) < 4.78 is 0.0390. The van der Waals surface area contributed by atoms with Crippen LogP contribution in [-0.4, -0.2) is 83.1 Å². The highest BCUT2D eigenvalue weighted by atomic mass is 35.5. The average Bonchev–Trinajstić information content (AvgIpc) is 3.22. The summed E-state index contributed by atoms with van der Waals surface area (Å²) in [5.74, 6) is -1.84. The van der Waals surface area contributed by atoms with Gasteiger partial charge in [0.25, 0.3) is 11.8 Å². The van der Waals surface area contributed by atoms with E-state index in [1.807, 2.05) is 13.0 Å². The number of oxime groups is 1. The fourth-order valence-corrected chi connectivity index (χ4v) is 7.34. The molecule has 2 aliphatic heterocycles. The van der Waals surface area contributed by atoms with Gasteiger partial charge < -0.3 is 27.1 Å². The highest BCUT2D eigenvalue weighted by Crippen LogP contribution is 2.41. The lowest BCUT2D eigenvalue weighted by molar-refractivity contribution is -0.150. The van der Waals surface area contributed by atoms with Crippen LogP contribution in [0.2, 0.25) is 4.34 Å². The van der Waals surface area contributed by atoms with E-state index in [1.54, 1.807) is 11.5 Å². The molecule has 4 heterocycles. The summed E-state index contributed by atoms with van der Waals surface area (Å²) in [5.41, 5.74) is 11.5. The fraction of sp³-hybridized carbons (Fsp3) is 0.286. The van der Waals surface area contributed by atoms with E-state index in [0.717, 1.165) is 21.9 Å². The number of thiazole rings is 1. The van der Waals surface area contributed by atoms with Crippen LogP contribution in [0, 0.1) is 6.92 Å². The molecule has 4 rings (SSSR count). The number of carboxylic acid groups (broad SMARTS) is 1. The zero-order valence-electron chi connectivity index (χ0n) is 20.0. The Kier molecular flexibility index (Phi) is 9.39. The quantitative estimate of drug-likeness (QED) is 0.0483. The summed E-state index contributed by atoms with van der Waals surface area (Å²) in [6, 6.07) is 0.764. The number of carbonyl (C=O) groups excluding carboxylic acids is 2. The Morgan fingerprint density at radius 3 is 2.79 bits per heavy atom. The van der Waals surface area contributed by atoms with E-state index < -0.39 is 34.9 Å². The van der Waals surface area contributed by atoms with Crippen molar-refractivity contribution in [2.24, 2.45) is 10.9 Å². The predicted octanol–water partition coefficient (Wildman–Crippen LogP) is 1.75. The first kappa shape index (κ1) is 29.2. The molecule has 2 atom stereocenters. The highest BCUT2D eigenvalue weighted by Gasteiger charge is 2.54. The second-order valence-corrected chi connectivity index (χ2v) is 12.6. The number of β-lactam (4-membered cyclic amide) rings is 1. The third-order valence-electron chi connectivity index (χ3n) is 5.25. The van der Waals surface area contributed by atoms with Crippen LogP contribution in [0.25, 0.3) is 0 Å². The van der Waals surface area contributed by atoms with Gasteiger partial charge >= 0.3 is 5.97 Å². The van der Waals surface area contributed by atoms with E-state index >= 15 is 0 Å². The Balaban J connectivity index is 1.47. The van der Waals surface area contributed by atoms with Gasteiger partial charge in [0, 0.05) is 23.7 Å². The van der Waals surface area contributed by atoms with E-state index in [2.05, 4.69) is 25.4 Å². The van der Waals surface area contributed by atoms with E-state index in [4.69, 9.17) is 23.1 Å². The lowest BCUT2D eigenvalue weighted by Crippen LogP contribution is -2.71. The van der Waals surface area contributed by atoms with Gasteiger partial charge in [0.15, 0.2) is 16.0 Å². The van der Waals surface area contributed by atoms with Gasteiger partial charge in [-0.15, -0.1) is 11.8 Å². The molecular weight excluding hydrogens is 608 g/mol. The summed E-state index contributed by atoms with van der Waals surface area (Å²) >= 11 is 10.9. The number of allylic oxidation sites excluding steroid dienone is 1. The van der Waals surface area contributed by atoms with Gasteiger partial charge in [-0.3, -0.25) is 14.5 Å². The third-order valence-corrected chi connectivity index (χ3v) is 9.23. The maximum Gasteiger partial charge on any atom is 0.352 e. The molecule has 0 bridgehead atoms. The smallest absolute Gasteiger partial charge is 0.352 e. The number of rotatable bonds is 10. The van der Waals surface area contributed by atoms with Crippen molar-refractivity contribution in [3.8, 4) is 0 Å². The number of halogens is 1. The topological polar surface area (TPSA) is 210 Å². The number of carboxylic acids is 1. The van der Waals surface area contributed by atoms with Crippen LogP contribution in [0.15, 0.2) is 44.2 Å². The van der Waals surface area contributed by atoms with Gasteiger partial charge in [-0.05, 0) is 30.0 Å². The normalized spacial score (nSPS) is 19.3. The number of hydrogen-bond acceptors (Lipinski definition) is 14. The maximum absolute atomic E-state index is 12.9. The molecule has 1 fully saturated rings. The fourth-order valence-electron chi connectivity index (χ4n) is 3.62. The van der Waals surface area contributed by atoms with Crippen molar-refractivity contribution in [3.63, 3.8) is 0 Å². The number of aromatic nitrogens is 3. The lowest BCUT2D eigenvalue weighted by atomic mass is 10.0. The molecule has 18 heteroatoms. The number of aliphatic carboxylic acids is 1. The molecule has 0 aromatic carbocycles. The standard InChI is InChI=1S/C21H21ClN8O5S4/c1-8-6-10(26-21(25-8)37-5-3-23)36-4-2-9-7-38-18-13(17(32)30(18)14(9)19(33)34)27-16(31)12(29-35)11-15(22)39-20(24)28-11/h2,4,6,13,18,35H,3,5,7,23H2,1H3,(H2,24,28)(H,27,31)(H,33,34)/b4-2+,29-12-/t13-,18-/m1/s1. The van der Waals surface area contributed by atoms with Crippen molar-refractivity contribution in [1.82, 2.24) is 25.2 Å². The molecule has 0 spiro atoms. The van der Waals surface area contributed by atoms with Crippen LogP contribution >= 0.6 is 58.2 Å². The number of anilines is 1. The summed E-state index contributed by atoms with van der Waals surface area (Å²) in [6.07, 6.45) is 1.63. The van der Waals surface area contributed by atoms with Crippen LogP contribution in [-0.2, 0) is 14.4 Å². The number of fused-ring (bicyclic) bond motifs is 1. The molecule has 13 nitrogen and oxygen atoms in total. The van der Waals surface area contributed by atoms with Crippen molar-refractivity contribution in [1.29, 1.82) is 0 Å². The number of nitrogen functional groups attached to an aromatic ring is 1. The molecule has 206 valence electrons. The van der Waals surface area contributed by atoms with Crippen molar-refractivity contribution < 1.29 is 24.7 Å². The highest BCUT2D eigenvalue weighted by molar-refractivity contribution is 8.02. The first-order chi connectivity index (χ1) is 18.6. The minimum absolute atomic E-state index is 0.0390. The summed E-state index contributed by atoms with van der Waals surface area (Å²) in [5, 5.41) is 27.1. The third kappa shape index (κ3) is 6.33. The molecule has 2 amide bonds. The number of nitrogens with two attached hydrogens (primary N) is 2. The average molecular weight is 629 g/mol. The molecule has 0 saturated carbocycles. The first-order valence-corrected chi connectivity index (χ1v) is 15.1. The van der Waals surface area contributed by atoms with Gasteiger partial charge in [-0.1, -0.05) is 51.6 Å². The monoisotopic (exact) mass is 628 g/mol. The number of carbonyl (C=O) groups is 3. The Labute approximate surface area is 243 Å². The van der Waals surface area contributed by atoms with Gasteiger partial charge in [-0.25, -0.2) is 19.7 Å². The van der Waals surface area contributed by atoms with Gasteiger partial charge in [0.2, 0.25) is 0 Å². The molecule has 0 aliphatic carbocycles. The van der Waals surface area contributed by atoms with Crippen molar-refractivity contribution in [3.05, 3.63) is 44.5 Å². The van der Waals surface area contributed by atoms with E-state index in [9.17, 15) is 24.7 Å². The number of amides is 2. The van der Waals surface area contributed by atoms with E-state index in [0.29, 0.717) is 28.1 Å². The van der Waals surface area contributed by atoms with Gasteiger partial charge in [-0.2, -0.15) is 0 Å². The second kappa shape index (κ2) is 12.6. The van der Waals surface area contributed by atoms with Crippen LogP contribution < -0.4 is 16.8 Å². The Morgan fingerprint density at radius 2 is 2.15 bits per heavy atom. The molecule has 0 radical (unpaired) electrons. The largest absolute Gasteiger partial charge is 0.477 e. The zero-order chi connectivity index (χ0) is 28.3. The Bertz CT molecular complexity index is 1410. The minimum atomic E-state index is -1.27. The van der Waals surface area contributed by atoms with Gasteiger partial charge in [0.1, 0.15) is 32.2 Å². The van der Waals surface area contributed by atoms with Crippen molar-refractivity contribution in [2.45, 2.75) is 28.5 Å². The van der Waals surface area contributed by atoms with Crippen LogP contribution in [0.4, 0.5) is 5.13 Å². The Morgan fingerprint density at radius 1 is 1.38 bits per heavy atom. The van der Waals surface area contributed by atoms with E-state index in [-0.39, 0.29) is 26.6 Å². The zero-order valence-corrected chi connectivity index (χ0v) is 24.1. The van der Waals surface area contributed by atoms with Gasteiger partial charge in [0.05, 0.1) is 0 Å². The van der Waals surface area contributed by atoms with Crippen LogP contribution in [0.5, 0.6) is 0 Å². The number of nitrogens with zero attached hydrogens (tertiary/aromatic N) is 5. The Hall–Kier alpha value is -2.83. The SMILES string of the molecule is Cc1cc(S/C=C/C2=C(C(=O)O)N3C(=O)[C@@H](NC(=O)/C(=N\O)c4nc(N)sc4Cl)[C@H]3SC2)nc(SCCN)n1. The minimum Gasteiger partial charge on any atom is -0.477 e. The molecule has 2 aromatic rings.